The van der Waals surface area contributed by atoms with Gasteiger partial charge in [0.05, 0.1) is 5.56 Å². The molecule has 196 valence electrons. The summed E-state index contributed by atoms with van der Waals surface area (Å²) in [6.07, 6.45) is 3.92. The minimum absolute atomic E-state index is 0.171. The van der Waals surface area contributed by atoms with Gasteiger partial charge in [0.2, 0.25) is 5.95 Å². The summed E-state index contributed by atoms with van der Waals surface area (Å²) in [5.41, 5.74) is -0.169. The molecule has 5 rings (SSSR count). The summed E-state index contributed by atoms with van der Waals surface area (Å²) in [6, 6.07) is 6.34. The van der Waals surface area contributed by atoms with Crippen molar-refractivity contribution in [2.75, 3.05) is 48.3 Å². The van der Waals surface area contributed by atoms with E-state index in [1.54, 1.807) is 23.2 Å². The first kappa shape index (κ1) is 25.1. The lowest BCUT2D eigenvalue weighted by atomic mass is 9.64. The normalized spacial score (nSPS) is 26.5. The molecule has 2 saturated carbocycles. The van der Waals surface area contributed by atoms with Gasteiger partial charge in [0, 0.05) is 56.4 Å². The van der Waals surface area contributed by atoms with Gasteiger partial charge in [-0.05, 0) is 67.7 Å². The zero-order valence-electron chi connectivity index (χ0n) is 20.4. The lowest BCUT2D eigenvalue weighted by molar-refractivity contribution is -0.137. The van der Waals surface area contributed by atoms with Crippen molar-refractivity contribution in [3.05, 3.63) is 36.0 Å². The molecule has 0 spiro atoms. The maximum atomic E-state index is 13.9. The molecular weight excluding hydrogens is 469 g/mol. The monoisotopic (exact) mass is 504 g/mol. The molecule has 3 unspecified atom stereocenters. The molecule has 2 bridgehead atoms. The number of piperazine rings is 1. The summed E-state index contributed by atoms with van der Waals surface area (Å²) in [7, 11) is 0. The first-order valence-corrected chi connectivity index (χ1v) is 13.0. The number of hydrogen-bond acceptors (Lipinski definition) is 7. The van der Waals surface area contributed by atoms with Crippen molar-refractivity contribution in [1.82, 2.24) is 15.3 Å². The van der Waals surface area contributed by atoms with Crippen molar-refractivity contribution in [3.8, 4) is 0 Å². The fraction of sp³-hybridized carbons (Fsp3) is 0.615. The number of aliphatic hydroxyl groups is 1. The molecule has 36 heavy (non-hydrogen) atoms. The third kappa shape index (κ3) is 5.70. The Morgan fingerprint density at radius 2 is 1.94 bits per heavy atom. The van der Waals surface area contributed by atoms with Crippen LogP contribution in [0.2, 0.25) is 0 Å². The fourth-order valence-electron chi connectivity index (χ4n) is 6.35. The van der Waals surface area contributed by atoms with Crippen molar-refractivity contribution in [2.45, 2.75) is 50.7 Å². The molecule has 2 heterocycles. The smallest absolute Gasteiger partial charge is 0.396 e. The second-order valence-electron chi connectivity index (χ2n) is 10.3. The number of anilines is 4. The Morgan fingerprint density at radius 3 is 2.72 bits per heavy atom. The standard InChI is InChI=1S/C26H35F3N6O/c27-26(28,29)21-16-20(4-5-22(21)35-11-9-30-10-12-35)32-25-31-8-6-23(34-25)33-24-18-3-1-2-17(14-18)15-19(24)7-13-36/h4-6,8,16-19,24,30,36H,1-3,7,9-15H2,(H2,31,32,33,34)/t17?,18?,19?,24-/m1/s1. The molecule has 4 atom stereocenters. The summed E-state index contributed by atoms with van der Waals surface area (Å²) >= 11 is 0. The van der Waals surface area contributed by atoms with Crippen LogP contribution in [-0.2, 0) is 6.18 Å². The zero-order chi connectivity index (χ0) is 25.1. The predicted molar refractivity (Wildman–Crippen MR) is 135 cm³/mol. The molecule has 0 amide bonds. The molecular formula is C26H35F3N6O. The fourth-order valence-corrected chi connectivity index (χ4v) is 6.35. The highest BCUT2D eigenvalue weighted by molar-refractivity contribution is 5.65. The van der Waals surface area contributed by atoms with Crippen molar-refractivity contribution >= 4 is 23.1 Å². The van der Waals surface area contributed by atoms with E-state index < -0.39 is 11.7 Å². The second-order valence-corrected chi connectivity index (χ2v) is 10.3. The number of benzene rings is 1. The number of aromatic nitrogens is 2. The van der Waals surface area contributed by atoms with Gasteiger partial charge in [0.15, 0.2) is 0 Å². The Morgan fingerprint density at radius 1 is 1.11 bits per heavy atom. The van der Waals surface area contributed by atoms with Gasteiger partial charge in [0.25, 0.3) is 0 Å². The number of nitrogens with zero attached hydrogens (tertiary/aromatic N) is 3. The van der Waals surface area contributed by atoms with Crippen LogP contribution < -0.4 is 20.9 Å². The minimum atomic E-state index is -4.47. The summed E-state index contributed by atoms with van der Waals surface area (Å²) in [4.78, 5) is 10.6. The van der Waals surface area contributed by atoms with Crippen LogP contribution in [0.15, 0.2) is 30.5 Å². The van der Waals surface area contributed by atoms with E-state index in [0.717, 1.165) is 24.8 Å². The maximum absolute atomic E-state index is 13.9. The Kier molecular flexibility index (Phi) is 7.52. The van der Waals surface area contributed by atoms with Crippen LogP contribution in [0.1, 0.15) is 44.1 Å². The van der Waals surface area contributed by atoms with Gasteiger partial charge in [-0.25, -0.2) is 4.98 Å². The number of alkyl halides is 3. The van der Waals surface area contributed by atoms with Gasteiger partial charge in [-0.3, -0.25) is 0 Å². The van der Waals surface area contributed by atoms with Gasteiger partial charge >= 0.3 is 6.18 Å². The van der Waals surface area contributed by atoms with Gasteiger partial charge in [0.1, 0.15) is 5.82 Å². The van der Waals surface area contributed by atoms with Crippen LogP contribution in [0.3, 0.4) is 0 Å². The van der Waals surface area contributed by atoms with E-state index in [2.05, 4.69) is 25.9 Å². The number of rotatable bonds is 7. The number of hydrogen-bond donors (Lipinski definition) is 4. The first-order chi connectivity index (χ1) is 17.4. The average molecular weight is 505 g/mol. The summed E-state index contributed by atoms with van der Waals surface area (Å²) in [5.74, 6) is 2.58. The van der Waals surface area contributed by atoms with Crippen LogP contribution in [-0.4, -0.2) is 53.9 Å². The largest absolute Gasteiger partial charge is 0.418 e. The number of nitrogens with one attached hydrogen (secondary N) is 3. The first-order valence-electron chi connectivity index (χ1n) is 13.0. The summed E-state index contributed by atoms with van der Waals surface area (Å²) < 4.78 is 41.8. The van der Waals surface area contributed by atoms with Crippen molar-refractivity contribution in [2.24, 2.45) is 17.8 Å². The molecule has 7 nitrogen and oxygen atoms in total. The maximum Gasteiger partial charge on any atom is 0.418 e. The van der Waals surface area contributed by atoms with Crippen LogP contribution in [0.4, 0.5) is 36.3 Å². The van der Waals surface area contributed by atoms with Gasteiger partial charge in [-0.15, -0.1) is 0 Å². The van der Waals surface area contributed by atoms with Gasteiger partial charge in [-0.2, -0.15) is 18.2 Å². The van der Waals surface area contributed by atoms with E-state index >= 15 is 0 Å². The highest BCUT2D eigenvalue weighted by Gasteiger charge is 2.40. The minimum Gasteiger partial charge on any atom is -0.396 e. The Balaban J connectivity index is 1.33. The van der Waals surface area contributed by atoms with Crippen LogP contribution in [0, 0.1) is 17.8 Å². The summed E-state index contributed by atoms with van der Waals surface area (Å²) in [6.45, 7) is 2.56. The van der Waals surface area contributed by atoms with Crippen LogP contribution in [0.5, 0.6) is 0 Å². The lowest BCUT2D eigenvalue weighted by Crippen LogP contribution is -2.45. The van der Waals surface area contributed by atoms with E-state index in [1.807, 2.05) is 0 Å². The molecule has 3 aliphatic rings. The van der Waals surface area contributed by atoms with E-state index in [9.17, 15) is 18.3 Å². The predicted octanol–water partition coefficient (Wildman–Crippen LogP) is 4.64. The Bertz CT molecular complexity index is 1030. The molecule has 1 aromatic carbocycles. The molecule has 3 fully saturated rings. The van der Waals surface area contributed by atoms with Crippen LogP contribution in [0.25, 0.3) is 0 Å². The number of aliphatic hydroxyl groups excluding tert-OH is 1. The quantitative estimate of drug-likeness (QED) is 0.437. The Hall–Kier alpha value is -2.59. The lowest BCUT2D eigenvalue weighted by Gasteiger charge is -2.45. The SMILES string of the molecule is OCCC1CC2CCCC(C2)[C@H]1Nc1ccnc(Nc2ccc(N3CCNCC3)c(C(F)(F)F)c2)n1. The molecule has 1 aliphatic heterocycles. The van der Waals surface area contributed by atoms with E-state index in [1.165, 1.54) is 31.7 Å². The topological polar surface area (TPSA) is 85.3 Å². The molecule has 1 saturated heterocycles. The molecule has 10 heteroatoms. The number of fused-ring (bicyclic) bond motifs is 2. The van der Waals surface area contributed by atoms with Gasteiger partial charge < -0.3 is 26.0 Å². The highest BCUT2D eigenvalue weighted by atomic mass is 19.4. The van der Waals surface area contributed by atoms with Gasteiger partial charge in [-0.1, -0.05) is 12.8 Å². The zero-order valence-corrected chi connectivity index (χ0v) is 20.4. The van der Waals surface area contributed by atoms with Crippen molar-refractivity contribution in [3.63, 3.8) is 0 Å². The van der Waals surface area contributed by atoms with Crippen molar-refractivity contribution in [1.29, 1.82) is 0 Å². The summed E-state index contributed by atoms with van der Waals surface area (Å²) in [5, 5.41) is 19.3. The molecule has 2 aromatic rings. The molecule has 4 N–H and O–H groups in total. The van der Waals surface area contributed by atoms with E-state index in [0.29, 0.717) is 49.5 Å². The average Bonchev–Trinajstić information content (AvgIpc) is 2.87. The Labute approximate surface area is 209 Å². The third-order valence-corrected chi connectivity index (χ3v) is 7.96. The van der Waals surface area contributed by atoms with E-state index in [-0.39, 0.29) is 24.3 Å². The van der Waals surface area contributed by atoms with Crippen LogP contribution >= 0.6 is 0 Å². The molecule has 0 radical (unpaired) electrons. The highest BCUT2D eigenvalue weighted by Crippen LogP contribution is 2.45. The third-order valence-electron chi connectivity index (χ3n) is 7.96. The van der Waals surface area contributed by atoms with E-state index in [4.69, 9.17) is 0 Å². The van der Waals surface area contributed by atoms with Crippen molar-refractivity contribution < 1.29 is 18.3 Å². The number of halogens is 3. The molecule has 1 aromatic heterocycles. The molecule has 2 aliphatic carbocycles. The second kappa shape index (κ2) is 10.8.